The molecule has 1 atom stereocenters. The molecule has 1 unspecified atom stereocenters. The summed E-state index contributed by atoms with van der Waals surface area (Å²) in [4.78, 5) is 24.8. The Kier molecular flexibility index (Phi) is 7.39. The molecule has 0 radical (unpaired) electrons. The number of nitrogens with one attached hydrogen (secondary N) is 3. The number of anilines is 2. The van der Waals surface area contributed by atoms with Crippen molar-refractivity contribution in [3.8, 4) is 11.3 Å². The van der Waals surface area contributed by atoms with Gasteiger partial charge in [0.15, 0.2) is 0 Å². The van der Waals surface area contributed by atoms with Gasteiger partial charge in [-0.15, -0.1) is 0 Å². The fraction of sp³-hybridized carbons (Fsp3) is 0.545. The van der Waals surface area contributed by atoms with Crippen LogP contribution in [0.2, 0.25) is 0 Å². The molecule has 2 aliphatic rings. The van der Waals surface area contributed by atoms with Gasteiger partial charge in [0.1, 0.15) is 11.6 Å². The molecule has 2 saturated heterocycles. The van der Waals surface area contributed by atoms with Crippen molar-refractivity contribution in [2.45, 2.75) is 31.9 Å². The molecular weight excluding hydrogens is 437 g/mol. The Morgan fingerprint density at radius 2 is 1.97 bits per heavy atom. The Labute approximate surface area is 189 Å². The molecular formula is C22H27F3N6O2. The molecule has 0 aromatic carbocycles. The number of alkyl halides is 3. The van der Waals surface area contributed by atoms with Gasteiger partial charge in [-0.1, -0.05) is 0 Å². The van der Waals surface area contributed by atoms with Gasteiger partial charge in [0.05, 0.1) is 29.6 Å². The zero-order chi connectivity index (χ0) is 23.3. The lowest BCUT2D eigenvalue weighted by atomic mass is 9.99. The third-order valence-corrected chi connectivity index (χ3v) is 5.95. The van der Waals surface area contributed by atoms with Crippen molar-refractivity contribution in [2.75, 3.05) is 43.5 Å². The Bertz CT molecular complexity index is 959. The Balaban J connectivity index is 1.55. The third kappa shape index (κ3) is 6.17. The van der Waals surface area contributed by atoms with Gasteiger partial charge >= 0.3 is 6.18 Å². The molecule has 11 heteroatoms. The maximum Gasteiger partial charge on any atom is 0.418 e. The number of halogens is 3. The molecule has 4 rings (SSSR count). The molecule has 3 N–H and O–H groups in total. The van der Waals surface area contributed by atoms with Crippen LogP contribution in [0, 0.1) is 11.8 Å². The number of nitrogens with zero attached hydrogens (tertiary/aromatic N) is 3. The number of hydrogen-bond acceptors (Lipinski definition) is 7. The largest absolute Gasteiger partial charge is 0.418 e. The second kappa shape index (κ2) is 10.4. The van der Waals surface area contributed by atoms with E-state index in [9.17, 15) is 18.0 Å². The van der Waals surface area contributed by atoms with Gasteiger partial charge in [-0.2, -0.15) is 13.2 Å². The summed E-state index contributed by atoms with van der Waals surface area (Å²) >= 11 is 0. The number of piperidine rings is 1. The summed E-state index contributed by atoms with van der Waals surface area (Å²) in [7, 11) is 0. The summed E-state index contributed by atoms with van der Waals surface area (Å²) in [5.41, 5.74) is -1.07. The molecule has 2 aromatic rings. The number of amides is 1. The lowest BCUT2D eigenvalue weighted by Crippen LogP contribution is -2.37. The number of aromatic nitrogens is 3. The third-order valence-electron chi connectivity index (χ3n) is 5.95. The van der Waals surface area contributed by atoms with Crippen LogP contribution in [0.3, 0.4) is 0 Å². The highest BCUT2D eigenvalue weighted by molar-refractivity contribution is 5.92. The van der Waals surface area contributed by atoms with Gasteiger partial charge in [-0.25, -0.2) is 9.97 Å². The second-order valence-corrected chi connectivity index (χ2v) is 8.37. The Hall–Kier alpha value is -2.79. The molecule has 1 amide bonds. The highest BCUT2D eigenvalue weighted by Crippen LogP contribution is 2.37. The van der Waals surface area contributed by atoms with E-state index in [0.29, 0.717) is 38.0 Å². The fourth-order valence-electron chi connectivity index (χ4n) is 4.05. The monoisotopic (exact) mass is 464 g/mol. The van der Waals surface area contributed by atoms with Gasteiger partial charge in [-0.05, 0) is 44.2 Å². The van der Waals surface area contributed by atoms with Crippen molar-refractivity contribution in [3.05, 3.63) is 30.2 Å². The lowest BCUT2D eigenvalue weighted by Gasteiger charge is -2.22. The van der Waals surface area contributed by atoms with E-state index in [0.717, 1.165) is 38.4 Å². The van der Waals surface area contributed by atoms with Crippen LogP contribution in [0.1, 0.15) is 31.2 Å². The summed E-state index contributed by atoms with van der Waals surface area (Å²) in [5, 5.41) is 8.97. The quantitative estimate of drug-likeness (QED) is 0.603. The predicted molar refractivity (Wildman–Crippen MR) is 117 cm³/mol. The van der Waals surface area contributed by atoms with Crippen molar-refractivity contribution in [1.82, 2.24) is 20.3 Å². The van der Waals surface area contributed by atoms with Crippen LogP contribution in [-0.4, -0.2) is 53.7 Å². The maximum atomic E-state index is 13.7. The van der Waals surface area contributed by atoms with Gasteiger partial charge in [0, 0.05) is 38.1 Å². The number of ether oxygens (including phenoxy) is 1. The van der Waals surface area contributed by atoms with Crippen LogP contribution in [0.5, 0.6) is 0 Å². The summed E-state index contributed by atoms with van der Waals surface area (Å²) < 4.78 is 46.4. The van der Waals surface area contributed by atoms with E-state index in [1.54, 1.807) is 0 Å². The summed E-state index contributed by atoms with van der Waals surface area (Å²) in [6, 6.07) is 1.21. The van der Waals surface area contributed by atoms with Gasteiger partial charge in [0.2, 0.25) is 5.91 Å². The number of carbonyl (C=O) groups is 1. The Morgan fingerprint density at radius 3 is 2.70 bits per heavy atom. The average molecular weight is 464 g/mol. The zero-order valence-corrected chi connectivity index (χ0v) is 18.1. The van der Waals surface area contributed by atoms with Crippen molar-refractivity contribution < 1.29 is 22.7 Å². The van der Waals surface area contributed by atoms with E-state index < -0.39 is 11.7 Å². The van der Waals surface area contributed by atoms with E-state index in [1.165, 1.54) is 18.5 Å². The number of hydrogen-bond donors (Lipinski definition) is 3. The van der Waals surface area contributed by atoms with E-state index in [2.05, 4.69) is 30.9 Å². The first-order valence-electron chi connectivity index (χ1n) is 11.1. The number of carbonyl (C=O) groups excluding carboxylic acids is 1. The second-order valence-electron chi connectivity index (χ2n) is 8.37. The van der Waals surface area contributed by atoms with Crippen LogP contribution in [0.15, 0.2) is 24.7 Å². The van der Waals surface area contributed by atoms with E-state index in [4.69, 9.17) is 4.74 Å². The molecule has 0 saturated carbocycles. The summed E-state index contributed by atoms with van der Waals surface area (Å²) in [6.07, 6.45) is 2.28. The van der Waals surface area contributed by atoms with Gasteiger partial charge in [-0.3, -0.25) is 9.78 Å². The zero-order valence-electron chi connectivity index (χ0n) is 18.1. The maximum absolute atomic E-state index is 13.7. The molecule has 0 aliphatic carbocycles. The molecule has 0 spiro atoms. The topological polar surface area (TPSA) is 101 Å². The highest BCUT2D eigenvalue weighted by atomic mass is 19.4. The minimum atomic E-state index is -4.63. The number of rotatable bonds is 6. The predicted octanol–water partition coefficient (Wildman–Crippen LogP) is 3.33. The first-order valence-corrected chi connectivity index (χ1v) is 11.1. The van der Waals surface area contributed by atoms with Crippen LogP contribution in [0.25, 0.3) is 11.3 Å². The lowest BCUT2D eigenvalue weighted by molar-refractivity contribution is -0.137. The SMILES string of the molecule is O=C(Nc1cc(-c2cncc(NCC3CCOCC3)n2)c(C(F)(F)F)cn1)C1CCCNC1. The highest BCUT2D eigenvalue weighted by Gasteiger charge is 2.35. The molecule has 0 bridgehead atoms. The summed E-state index contributed by atoms with van der Waals surface area (Å²) in [6.45, 7) is 3.43. The Morgan fingerprint density at radius 1 is 1.15 bits per heavy atom. The van der Waals surface area contributed by atoms with Crippen molar-refractivity contribution in [1.29, 1.82) is 0 Å². The smallest absolute Gasteiger partial charge is 0.381 e. The number of pyridine rings is 1. The first kappa shape index (κ1) is 23.4. The van der Waals surface area contributed by atoms with E-state index in [-0.39, 0.29) is 28.9 Å². The molecule has 33 heavy (non-hydrogen) atoms. The van der Waals surface area contributed by atoms with Crippen LogP contribution < -0.4 is 16.0 Å². The van der Waals surface area contributed by atoms with Crippen molar-refractivity contribution >= 4 is 17.5 Å². The van der Waals surface area contributed by atoms with Crippen molar-refractivity contribution in [2.24, 2.45) is 11.8 Å². The normalized spacial score (nSPS) is 19.8. The first-order chi connectivity index (χ1) is 15.9. The minimum absolute atomic E-state index is 0.0518. The summed E-state index contributed by atoms with van der Waals surface area (Å²) in [5.74, 6) is 0.341. The molecule has 4 heterocycles. The molecule has 2 aromatic heterocycles. The fourth-order valence-corrected chi connectivity index (χ4v) is 4.05. The molecule has 2 aliphatic heterocycles. The van der Waals surface area contributed by atoms with Crippen LogP contribution in [0.4, 0.5) is 24.8 Å². The van der Waals surface area contributed by atoms with E-state index in [1.807, 2.05) is 0 Å². The minimum Gasteiger partial charge on any atom is -0.381 e. The molecule has 2 fully saturated rings. The van der Waals surface area contributed by atoms with Crippen molar-refractivity contribution in [3.63, 3.8) is 0 Å². The van der Waals surface area contributed by atoms with E-state index >= 15 is 0 Å². The molecule has 8 nitrogen and oxygen atoms in total. The molecule has 178 valence electrons. The standard InChI is InChI=1S/C22H27F3N6O2/c23-22(24,25)17-11-29-19(31-21(32)15-2-1-5-26-10-15)8-16(17)18-12-27-13-20(30-18)28-9-14-3-6-33-7-4-14/h8,11-15,26H,1-7,9-10H2,(H,28,30)(H,29,31,32). The van der Waals surface area contributed by atoms with Gasteiger partial charge < -0.3 is 20.7 Å². The van der Waals surface area contributed by atoms with Crippen LogP contribution >= 0.6 is 0 Å². The van der Waals surface area contributed by atoms with Gasteiger partial charge in [0.25, 0.3) is 0 Å². The van der Waals surface area contributed by atoms with Crippen LogP contribution in [-0.2, 0) is 15.7 Å². The average Bonchev–Trinajstić information content (AvgIpc) is 2.83.